The van der Waals surface area contributed by atoms with Gasteiger partial charge in [-0.25, -0.2) is 0 Å². The van der Waals surface area contributed by atoms with Crippen LogP contribution < -0.4 is 4.74 Å². The highest BCUT2D eigenvalue weighted by atomic mass is 35.5. The molecule has 2 rings (SSSR count). The Hall–Kier alpha value is -1.51. The van der Waals surface area contributed by atoms with Crippen LogP contribution >= 0.6 is 11.6 Å². The van der Waals surface area contributed by atoms with Crippen molar-refractivity contribution in [2.24, 2.45) is 0 Å². The van der Waals surface area contributed by atoms with Crippen molar-refractivity contribution in [2.45, 2.75) is 39.4 Å². The van der Waals surface area contributed by atoms with Crippen molar-refractivity contribution in [3.05, 3.63) is 64.2 Å². The Kier molecular flexibility index (Phi) is 5.27. The molecule has 0 aliphatic carbocycles. The molecule has 0 radical (unpaired) electrons. The molecule has 2 aromatic rings. The molecule has 0 aliphatic heterocycles. The number of hydrogen-bond donors (Lipinski definition) is 1. The molecule has 0 aliphatic rings. The molecule has 1 atom stereocenters. The van der Waals surface area contributed by atoms with Crippen LogP contribution in [-0.2, 0) is 6.61 Å². The fourth-order valence-corrected chi connectivity index (χ4v) is 2.32. The summed E-state index contributed by atoms with van der Waals surface area (Å²) in [6, 6.07) is 13.7. The molecule has 2 nitrogen and oxygen atoms in total. The van der Waals surface area contributed by atoms with Gasteiger partial charge in [0.2, 0.25) is 0 Å². The van der Waals surface area contributed by atoms with E-state index in [0.717, 1.165) is 5.56 Å². The smallest absolute Gasteiger partial charge is 0.125 e. The van der Waals surface area contributed by atoms with Crippen molar-refractivity contribution >= 4 is 11.6 Å². The first-order valence-electron chi connectivity index (χ1n) is 7.16. The van der Waals surface area contributed by atoms with Gasteiger partial charge in [0, 0.05) is 10.6 Å². The van der Waals surface area contributed by atoms with Gasteiger partial charge >= 0.3 is 0 Å². The van der Waals surface area contributed by atoms with Crippen molar-refractivity contribution < 1.29 is 9.84 Å². The van der Waals surface area contributed by atoms with Crippen LogP contribution in [0.3, 0.4) is 0 Å². The fraction of sp³-hybridized carbons (Fsp3) is 0.333. The maximum Gasteiger partial charge on any atom is 0.125 e. The number of hydrogen-bond acceptors (Lipinski definition) is 2. The predicted octanol–water partition coefficient (Wildman–Crippen LogP) is 5.10. The molecule has 0 saturated carbocycles. The molecule has 0 amide bonds. The topological polar surface area (TPSA) is 29.5 Å². The SMILES string of the molecule is CC(C)c1ccc(COc2ccc(Cl)cc2C(C)O)cc1. The number of benzene rings is 2. The minimum atomic E-state index is -0.609. The zero-order valence-electron chi connectivity index (χ0n) is 12.6. The Morgan fingerprint density at radius 1 is 1.05 bits per heavy atom. The lowest BCUT2D eigenvalue weighted by atomic mass is 10.0. The molecule has 21 heavy (non-hydrogen) atoms. The molecular formula is C18H21ClO2. The molecule has 0 saturated heterocycles. The Morgan fingerprint density at radius 2 is 1.71 bits per heavy atom. The van der Waals surface area contributed by atoms with E-state index in [1.165, 1.54) is 5.56 Å². The molecule has 1 N–H and O–H groups in total. The summed E-state index contributed by atoms with van der Waals surface area (Å²) in [6.07, 6.45) is -0.609. The maximum atomic E-state index is 9.78. The monoisotopic (exact) mass is 304 g/mol. The zero-order chi connectivity index (χ0) is 15.4. The predicted molar refractivity (Wildman–Crippen MR) is 86.9 cm³/mol. The second kappa shape index (κ2) is 6.97. The summed E-state index contributed by atoms with van der Waals surface area (Å²) in [5.74, 6) is 1.19. The van der Waals surface area contributed by atoms with Gasteiger partial charge in [-0.2, -0.15) is 0 Å². The molecule has 2 aromatic carbocycles. The summed E-state index contributed by atoms with van der Waals surface area (Å²) >= 11 is 5.96. The van der Waals surface area contributed by atoms with E-state index in [1.807, 2.05) is 0 Å². The van der Waals surface area contributed by atoms with Gasteiger partial charge in [-0.05, 0) is 42.2 Å². The molecule has 1 unspecified atom stereocenters. The molecule has 0 spiro atoms. The molecule has 3 heteroatoms. The van der Waals surface area contributed by atoms with E-state index in [9.17, 15) is 5.11 Å². The summed E-state index contributed by atoms with van der Waals surface area (Å²) in [6.45, 7) is 6.53. The highest BCUT2D eigenvalue weighted by Gasteiger charge is 2.10. The first-order chi connectivity index (χ1) is 9.97. The van der Waals surface area contributed by atoms with Gasteiger partial charge in [-0.3, -0.25) is 0 Å². The van der Waals surface area contributed by atoms with Crippen LogP contribution in [0.25, 0.3) is 0 Å². The van der Waals surface area contributed by atoms with Crippen molar-refractivity contribution in [3.8, 4) is 5.75 Å². The molecule has 0 bridgehead atoms. The maximum absolute atomic E-state index is 9.78. The fourth-order valence-electron chi connectivity index (χ4n) is 2.14. The quantitative estimate of drug-likeness (QED) is 0.833. The van der Waals surface area contributed by atoms with Gasteiger partial charge in [0.1, 0.15) is 12.4 Å². The lowest BCUT2D eigenvalue weighted by molar-refractivity contribution is 0.190. The Balaban J connectivity index is 2.09. The highest BCUT2D eigenvalue weighted by molar-refractivity contribution is 6.30. The Bertz CT molecular complexity index is 589. The van der Waals surface area contributed by atoms with E-state index in [-0.39, 0.29) is 0 Å². The third kappa shape index (κ3) is 4.23. The van der Waals surface area contributed by atoms with E-state index in [4.69, 9.17) is 16.3 Å². The standard InChI is InChI=1S/C18H21ClO2/c1-12(2)15-6-4-14(5-7-15)11-21-18-9-8-16(19)10-17(18)13(3)20/h4-10,12-13,20H,11H2,1-3H3. The lowest BCUT2D eigenvalue weighted by Crippen LogP contribution is -2.01. The largest absolute Gasteiger partial charge is 0.489 e. The van der Waals surface area contributed by atoms with E-state index in [1.54, 1.807) is 25.1 Å². The van der Waals surface area contributed by atoms with Crippen LogP contribution in [0.1, 0.15) is 49.5 Å². The number of halogens is 1. The van der Waals surface area contributed by atoms with Gasteiger partial charge < -0.3 is 9.84 Å². The first-order valence-corrected chi connectivity index (χ1v) is 7.54. The second-order valence-corrected chi connectivity index (χ2v) is 5.98. The summed E-state index contributed by atoms with van der Waals surface area (Å²) in [4.78, 5) is 0. The number of ether oxygens (including phenoxy) is 1. The third-order valence-corrected chi connectivity index (χ3v) is 3.70. The Labute approximate surface area is 131 Å². The minimum absolute atomic E-state index is 0.472. The van der Waals surface area contributed by atoms with E-state index in [0.29, 0.717) is 28.9 Å². The molecular weight excluding hydrogens is 284 g/mol. The number of rotatable bonds is 5. The summed E-state index contributed by atoms with van der Waals surface area (Å²) in [5.41, 5.74) is 3.13. The Morgan fingerprint density at radius 3 is 2.29 bits per heavy atom. The van der Waals surface area contributed by atoms with Crippen LogP contribution in [0, 0.1) is 0 Å². The highest BCUT2D eigenvalue weighted by Crippen LogP contribution is 2.29. The van der Waals surface area contributed by atoms with Gasteiger partial charge in [-0.15, -0.1) is 0 Å². The first kappa shape index (κ1) is 15.9. The van der Waals surface area contributed by atoms with Crippen molar-refractivity contribution in [2.75, 3.05) is 0 Å². The normalized spacial score (nSPS) is 12.5. The molecule has 0 aromatic heterocycles. The second-order valence-electron chi connectivity index (χ2n) is 5.54. The summed E-state index contributed by atoms with van der Waals surface area (Å²) in [7, 11) is 0. The van der Waals surface area contributed by atoms with Crippen LogP contribution in [0.4, 0.5) is 0 Å². The van der Waals surface area contributed by atoms with Crippen molar-refractivity contribution in [3.63, 3.8) is 0 Å². The van der Waals surface area contributed by atoms with Gasteiger partial charge in [0.05, 0.1) is 6.10 Å². The average molecular weight is 305 g/mol. The summed E-state index contributed by atoms with van der Waals surface area (Å²) < 4.78 is 5.82. The van der Waals surface area contributed by atoms with Crippen LogP contribution in [0.15, 0.2) is 42.5 Å². The van der Waals surface area contributed by atoms with E-state index in [2.05, 4.69) is 38.1 Å². The van der Waals surface area contributed by atoms with Crippen molar-refractivity contribution in [1.82, 2.24) is 0 Å². The minimum Gasteiger partial charge on any atom is -0.489 e. The average Bonchev–Trinajstić information content (AvgIpc) is 2.46. The molecule has 0 heterocycles. The van der Waals surface area contributed by atoms with Gasteiger partial charge in [0.25, 0.3) is 0 Å². The summed E-state index contributed by atoms with van der Waals surface area (Å²) in [5, 5.41) is 10.4. The van der Waals surface area contributed by atoms with Crippen LogP contribution in [0.5, 0.6) is 5.75 Å². The van der Waals surface area contributed by atoms with Crippen LogP contribution in [0.2, 0.25) is 5.02 Å². The van der Waals surface area contributed by atoms with Gasteiger partial charge in [-0.1, -0.05) is 49.7 Å². The van der Waals surface area contributed by atoms with Crippen LogP contribution in [-0.4, -0.2) is 5.11 Å². The number of aliphatic hydroxyl groups excluding tert-OH is 1. The van der Waals surface area contributed by atoms with E-state index >= 15 is 0 Å². The number of aliphatic hydroxyl groups is 1. The van der Waals surface area contributed by atoms with Crippen molar-refractivity contribution in [1.29, 1.82) is 0 Å². The van der Waals surface area contributed by atoms with E-state index < -0.39 is 6.10 Å². The molecule has 0 fully saturated rings. The van der Waals surface area contributed by atoms with Gasteiger partial charge in [0.15, 0.2) is 0 Å². The zero-order valence-corrected chi connectivity index (χ0v) is 13.4. The molecule has 112 valence electrons. The third-order valence-electron chi connectivity index (χ3n) is 3.46. The lowest BCUT2D eigenvalue weighted by Gasteiger charge is -2.14.